The van der Waals surface area contributed by atoms with Crippen LogP contribution in [-0.2, 0) is 20.6 Å². The second-order valence-electron chi connectivity index (χ2n) is 8.30. The first-order valence-corrected chi connectivity index (χ1v) is 12.3. The van der Waals surface area contributed by atoms with E-state index in [1.807, 2.05) is 38.1 Å². The third-order valence-corrected chi connectivity index (χ3v) is 7.70. The fourth-order valence-electron chi connectivity index (χ4n) is 4.01. The maximum Gasteiger partial charge on any atom is 0.223 e. The fourth-order valence-corrected chi connectivity index (χ4v) is 5.56. The number of aryl methyl sites for hydroxylation is 2. The van der Waals surface area contributed by atoms with Gasteiger partial charge in [0.1, 0.15) is 0 Å². The summed E-state index contributed by atoms with van der Waals surface area (Å²) >= 11 is 0. The van der Waals surface area contributed by atoms with Crippen molar-refractivity contribution < 1.29 is 13.2 Å². The maximum absolute atomic E-state index is 12.8. The first-order chi connectivity index (χ1) is 14.3. The van der Waals surface area contributed by atoms with Crippen molar-refractivity contribution in [3.05, 3.63) is 70.8 Å². The minimum atomic E-state index is -3.38. The van der Waals surface area contributed by atoms with Crippen molar-refractivity contribution in [3.8, 4) is 0 Å². The monoisotopic (exact) mass is 428 g/mol. The van der Waals surface area contributed by atoms with Gasteiger partial charge < -0.3 is 5.32 Å². The summed E-state index contributed by atoms with van der Waals surface area (Å²) in [5.41, 5.74) is 4.16. The molecular weight excluding hydrogens is 396 g/mol. The third kappa shape index (κ3) is 5.70. The van der Waals surface area contributed by atoms with Gasteiger partial charge in [0.25, 0.3) is 0 Å². The summed E-state index contributed by atoms with van der Waals surface area (Å²) in [5, 5.41) is 3.16. The van der Waals surface area contributed by atoms with Gasteiger partial charge in [0.2, 0.25) is 15.9 Å². The van der Waals surface area contributed by atoms with Gasteiger partial charge in [0, 0.05) is 19.0 Å². The van der Waals surface area contributed by atoms with Gasteiger partial charge in [-0.3, -0.25) is 4.79 Å². The maximum atomic E-state index is 12.8. The molecule has 1 heterocycles. The zero-order chi connectivity index (χ0) is 21.7. The molecule has 0 spiro atoms. The summed E-state index contributed by atoms with van der Waals surface area (Å²) in [4.78, 5) is 12.8. The molecule has 3 rings (SSSR count). The Morgan fingerprint density at radius 1 is 1.07 bits per heavy atom. The largest absolute Gasteiger partial charge is 0.349 e. The number of benzene rings is 2. The second kappa shape index (κ2) is 9.75. The van der Waals surface area contributed by atoms with Crippen LogP contribution in [0.25, 0.3) is 0 Å². The average molecular weight is 429 g/mol. The molecule has 1 amide bonds. The van der Waals surface area contributed by atoms with E-state index in [0.29, 0.717) is 25.9 Å². The van der Waals surface area contributed by atoms with Crippen LogP contribution in [0.2, 0.25) is 0 Å². The number of nitrogens with zero attached hydrogens (tertiary/aromatic N) is 1. The number of piperidine rings is 1. The number of nitrogens with one attached hydrogen (secondary N) is 1. The van der Waals surface area contributed by atoms with Gasteiger partial charge in [-0.1, -0.05) is 66.6 Å². The molecule has 6 heteroatoms. The van der Waals surface area contributed by atoms with Gasteiger partial charge in [-0.15, -0.1) is 0 Å². The number of hydrogen-bond donors (Lipinski definition) is 1. The molecule has 0 aromatic heterocycles. The second-order valence-corrected chi connectivity index (χ2v) is 10.3. The van der Waals surface area contributed by atoms with Crippen molar-refractivity contribution in [2.45, 2.75) is 51.8 Å². The zero-order valence-corrected chi connectivity index (χ0v) is 18.9. The Kier molecular flexibility index (Phi) is 7.32. The first-order valence-electron chi connectivity index (χ1n) is 10.7. The first kappa shape index (κ1) is 22.5. The molecule has 0 saturated carbocycles. The quantitative estimate of drug-likeness (QED) is 0.722. The Morgan fingerprint density at radius 3 is 2.33 bits per heavy atom. The molecule has 0 radical (unpaired) electrons. The highest BCUT2D eigenvalue weighted by atomic mass is 32.2. The number of amides is 1. The highest BCUT2D eigenvalue weighted by molar-refractivity contribution is 7.88. The van der Waals surface area contributed by atoms with E-state index in [0.717, 1.165) is 23.1 Å². The molecule has 1 saturated heterocycles. The number of sulfonamides is 1. The van der Waals surface area contributed by atoms with Crippen LogP contribution in [0.5, 0.6) is 0 Å². The van der Waals surface area contributed by atoms with E-state index in [-0.39, 0.29) is 23.6 Å². The van der Waals surface area contributed by atoms with Crippen molar-refractivity contribution >= 4 is 15.9 Å². The summed E-state index contributed by atoms with van der Waals surface area (Å²) in [7, 11) is -3.38. The lowest BCUT2D eigenvalue weighted by atomic mass is 9.95. The van der Waals surface area contributed by atoms with Crippen molar-refractivity contribution in [2.75, 3.05) is 13.1 Å². The lowest BCUT2D eigenvalue weighted by Crippen LogP contribution is -2.44. The summed E-state index contributed by atoms with van der Waals surface area (Å²) in [6.45, 7) is 6.86. The predicted octanol–water partition coefficient (Wildman–Crippen LogP) is 4.11. The van der Waals surface area contributed by atoms with E-state index < -0.39 is 10.0 Å². The van der Waals surface area contributed by atoms with E-state index in [9.17, 15) is 13.2 Å². The average Bonchev–Trinajstić information content (AvgIpc) is 2.72. The van der Waals surface area contributed by atoms with Crippen LogP contribution >= 0.6 is 0 Å². The van der Waals surface area contributed by atoms with Gasteiger partial charge >= 0.3 is 0 Å². The Balaban J connectivity index is 1.56. The summed E-state index contributed by atoms with van der Waals surface area (Å²) in [6, 6.07) is 15.8. The van der Waals surface area contributed by atoms with Crippen LogP contribution in [0.3, 0.4) is 0 Å². The molecule has 162 valence electrons. The van der Waals surface area contributed by atoms with E-state index in [2.05, 4.69) is 36.5 Å². The summed E-state index contributed by atoms with van der Waals surface area (Å²) in [6.07, 6.45) is 1.94. The standard InChI is InChI=1S/C24H32N2O3S/c1-4-23(21-10-8-18(2)9-11-21)25-24(27)22-12-14-26(15-13-22)30(28,29)17-20-7-5-6-19(3)16-20/h5-11,16,22-23H,4,12-15,17H2,1-3H3,(H,25,27)/t23-/m1/s1. The molecule has 5 nitrogen and oxygen atoms in total. The smallest absolute Gasteiger partial charge is 0.223 e. The Bertz CT molecular complexity index is 962. The molecule has 0 aliphatic carbocycles. The lowest BCUT2D eigenvalue weighted by Gasteiger charge is -2.31. The van der Waals surface area contributed by atoms with Gasteiger partial charge in [-0.25, -0.2) is 12.7 Å². The van der Waals surface area contributed by atoms with Gasteiger partial charge in [-0.2, -0.15) is 0 Å². The van der Waals surface area contributed by atoms with Crippen molar-refractivity contribution in [1.29, 1.82) is 0 Å². The van der Waals surface area contributed by atoms with E-state index in [1.165, 1.54) is 9.87 Å². The highest BCUT2D eigenvalue weighted by Crippen LogP contribution is 2.24. The van der Waals surface area contributed by atoms with Crippen LogP contribution in [-0.4, -0.2) is 31.7 Å². The molecule has 0 bridgehead atoms. The van der Waals surface area contributed by atoms with Gasteiger partial charge in [0.05, 0.1) is 11.8 Å². The molecule has 1 fully saturated rings. The van der Waals surface area contributed by atoms with Crippen LogP contribution < -0.4 is 5.32 Å². The van der Waals surface area contributed by atoms with Crippen LogP contribution in [0.1, 0.15) is 54.5 Å². The Hall–Kier alpha value is -2.18. The van der Waals surface area contributed by atoms with Crippen molar-refractivity contribution in [2.24, 2.45) is 5.92 Å². The summed E-state index contributed by atoms with van der Waals surface area (Å²) < 4.78 is 27.1. The molecule has 1 aliphatic heterocycles. The molecule has 1 aliphatic rings. The lowest BCUT2D eigenvalue weighted by molar-refractivity contribution is -0.126. The summed E-state index contributed by atoms with van der Waals surface area (Å²) in [5.74, 6) is -0.107. The minimum Gasteiger partial charge on any atom is -0.349 e. The molecule has 1 N–H and O–H groups in total. The number of hydrogen-bond acceptors (Lipinski definition) is 3. The minimum absolute atomic E-state index is 0.0108. The van der Waals surface area contributed by atoms with Crippen LogP contribution in [0.15, 0.2) is 48.5 Å². The van der Waals surface area contributed by atoms with Crippen molar-refractivity contribution in [3.63, 3.8) is 0 Å². The van der Waals surface area contributed by atoms with Crippen LogP contribution in [0.4, 0.5) is 0 Å². The molecule has 0 unspecified atom stereocenters. The predicted molar refractivity (Wildman–Crippen MR) is 120 cm³/mol. The molecular formula is C24H32N2O3S. The molecule has 2 aromatic carbocycles. The fraction of sp³-hybridized carbons (Fsp3) is 0.458. The van der Waals surface area contributed by atoms with Crippen LogP contribution in [0, 0.1) is 19.8 Å². The van der Waals surface area contributed by atoms with E-state index >= 15 is 0 Å². The van der Waals surface area contributed by atoms with E-state index in [4.69, 9.17) is 0 Å². The molecule has 2 aromatic rings. The topological polar surface area (TPSA) is 66.5 Å². The Morgan fingerprint density at radius 2 is 1.73 bits per heavy atom. The highest BCUT2D eigenvalue weighted by Gasteiger charge is 2.31. The number of rotatable bonds is 7. The third-order valence-electron chi connectivity index (χ3n) is 5.85. The van der Waals surface area contributed by atoms with Gasteiger partial charge in [0.15, 0.2) is 0 Å². The number of carbonyl (C=O) groups is 1. The van der Waals surface area contributed by atoms with E-state index in [1.54, 1.807) is 0 Å². The molecule has 30 heavy (non-hydrogen) atoms. The number of carbonyl (C=O) groups excluding carboxylic acids is 1. The van der Waals surface area contributed by atoms with Gasteiger partial charge in [-0.05, 0) is 44.2 Å². The SMILES string of the molecule is CC[C@@H](NC(=O)C1CCN(S(=O)(=O)Cc2cccc(C)c2)CC1)c1ccc(C)cc1. The molecule has 1 atom stereocenters. The van der Waals surface area contributed by atoms with Crippen molar-refractivity contribution in [1.82, 2.24) is 9.62 Å². The normalized spacial score (nSPS) is 16.9. The zero-order valence-electron chi connectivity index (χ0n) is 18.1. The Labute approximate surface area is 180 Å².